The van der Waals surface area contributed by atoms with Gasteiger partial charge in [0.15, 0.2) is 0 Å². The fourth-order valence-electron chi connectivity index (χ4n) is 4.38. The number of nitrogens with zero attached hydrogens (tertiary/aromatic N) is 4. The van der Waals surface area contributed by atoms with Crippen molar-refractivity contribution in [2.45, 2.75) is 31.5 Å². The first-order valence-corrected chi connectivity index (χ1v) is 8.67. The third-order valence-electron chi connectivity index (χ3n) is 5.65. The van der Waals surface area contributed by atoms with Crippen molar-refractivity contribution in [2.75, 3.05) is 25.0 Å². The maximum absolute atomic E-state index is 12.4. The monoisotopic (exact) mass is 367 g/mol. The predicted octanol–water partition coefficient (Wildman–Crippen LogP) is 2.58. The van der Waals surface area contributed by atoms with Crippen LogP contribution in [0.1, 0.15) is 19.3 Å². The highest BCUT2D eigenvalue weighted by atomic mass is 19.4. The number of carbonyl (C=O) groups is 1. The van der Waals surface area contributed by atoms with E-state index in [4.69, 9.17) is 0 Å². The fourth-order valence-corrected chi connectivity index (χ4v) is 4.38. The molecule has 1 amide bonds. The zero-order valence-corrected chi connectivity index (χ0v) is 14.3. The summed E-state index contributed by atoms with van der Waals surface area (Å²) in [5, 5.41) is 0.953. The van der Waals surface area contributed by atoms with Gasteiger partial charge in [0, 0.05) is 32.4 Å². The summed E-state index contributed by atoms with van der Waals surface area (Å²) in [5.41, 5.74) is 0.781. The minimum absolute atomic E-state index is 0.253. The Morgan fingerprint density at radius 1 is 1.31 bits per heavy atom. The molecule has 2 aliphatic rings. The van der Waals surface area contributed by atoms with Gasteiger partial charge in [0.2, 0.25) is 5.91 Å². The second kappa shape index (κ2) is 6.14. The van der Waals surface area contributed by atoms with Crippen molar-refractivity contribution in [1.82, 2.24) is 19.9 Å². The molecule has 1 aliphatic carbocycles. The van der Waals surface area contributed by atoms with E-state index in [0.717, 1.165) is 29.7 Å². The molecule has 0 unspecified atom stereocenters. The summed E-state index contributed by atoms with van der Waals surface area (Å²) in [5.74, 6) is 0.555. The van der Waals surface area contributed by atoms with Crippen molar-refractivity contribution in [2.24, 2.45) is 11.8 Å². The molecule has 9 heteroatoms. The summed E-state index contributed by atoms with van der Waals surface area (Å²) in [4.78, 5) is 27.0. The van der Waals surface area contributed by atoms with Crippen molar-refractivity contribution < 1.29 is 18.0 Å². The number of nitrogens with one attached hydrogen (secondary N) is 1. The normalized spacial score (nSPS) is 25.7. The Bertz CT molecular complexity index is 806. The van der Waals surface area contributed by atoms with Crippen LogP contribution in [-0.2, 0) is 4.79 Å². The lowest BCUT2D eigenvalue weighted by Gasteiger charge is -2.28. The summed E-state index contributed by atoms with van der Waals surface area (Å²) < 4.78 is 37.3. The van der Waals surface area contributed by atoms with Crippen LogP contribution in [0.3, 0.4) is 0 Å². The summed E-state index contributed by atoms with van der Waals surface area (Å²) in [6, 6.07) is 2.20. The van der Waals surface area contributed by atoms with Crippen LogP contribution in [0.5, 0.6) is 0 Å². The standard InChI is InChI=1S/C17H20F3N5O/c1-24(16-13-2-3-21-15(13)22-9-23-16)12-4-10-7-25(8-11(10)5-12)14(26)6-17(18,19)20/h2-3,9-12H,4-8H2,1H3,(H,21,22,23)/t10-,11+,12-. The van der Waals surface area contributed by atoms with Gasteiger partial charge in [-0.05, 0) is 30.7 Å². The molecule has 1 aliphatic heterocycles. The van der Waals surface area contributed by atoms with E-state index in [1.54, 1.807) is 0 Å². The van der Waals surface area contributed by atoms with Crippen molar-refractivity contribution >= 4 is 22.8 Å². The van der Waals surface area contributed by atoms with Gasteiger partial charge in [-0.15, -0.1) is 0 Å². The Labute approximate surface area is 148 Å². The summed E-state index contributed by atoms with van der Waals surface area (Å²) in [6.07, 6.45) is -0.739. The Morgan fingerprint density at radius 2 is 2.00 bits per heavy atom. The molecule has 4 rings (SSSR count). The smallest absolute Gasteiger partial charge is 0.356 e. The molecular weight excluding hydrogens is 347 g/mol. The van der Waals surface area contributed by atoms with Crippen LogP contribution in [0.15, 0.2) is 18.6 Å². The molecular formula is C17H20F3N5O. The first-order valence-electron chi connectivity index (χ1n) is 8.67. The number of aromatic amines is 1. The number of aromatic nitrogens is 3. The van der Waals surface area contributed by atoms with Crippen LogP contribution in [0.4, 0.5) is 19.0 Å². The molecule has 1 saturated carbocycles. The molecule has 1 N–H and O–H groups in total. The quantitative estimate of drug-likeness (QED) is 0.906. The highest BCUT2D eigenvalue weighted by molar-refractivity contribution is 5.87. The van der Waals surface area contributed by atoms with Gasteiger partial charge in [0.1, 0.15) is 24.2 Å². The van der Waals surface area contributed by atoms with Gasteiger partial charge < -0.3 is 14.8 Å². The number of carbonyl (C=O) groups excluding carboxylic acids is 1. The molecule has 2 aromatic rings. The second-order valence-corrected chi connectivity index (χ2v) is 7.28. The number of H-pyrrole nitrogens is 1. The third kappa shape index (κ3) is 3.10. The Kier molecular flexibility index (Phi) is 4.04. The molecule has 0 spiro atoms. The van der Waals surface area contributed by atoms with E-state index in [1.807, 2.05) is 19.3 Å². The zero-order chi connectivity index (χ0) is 18.5. The molecule has 26 heavy (non-hydrogen) atoms. The Morgan fingerprint density at radius 3 is 2.65 bits per heavy atom. The predicted molar refractivity (Wildman–Crippen MR) is 89.5 cm³/mol. The number of anilines is 1. The molecule has 2 aromatic heterocycles. The Balaban J connectivity index is 1.42. The van der Waals surface area contributed by atoms with E-state index in [9.17, 15) is 18.0 Å². The maximum atomic E-state index is 12.4. The number of fused-ring (bicyclic) bond motifs is 2. The first kappa shape index (κ1) is 17.1. The lowest BCUT2D eigenvalue weighted by atomic mass is 10.0. The van der Waals surface area contributed by atoms with Crippen molar-refractivity contribution in [3.8, 4) is 0 Å². The molecule has 1 saturated heterocycles. The van der Waals surface area contributed by atoms with Crippen molar-refractivity contribution in [3.63, 3.8) is 0 Å². The number of rotatable bonds is 3. The molecule has 140 valence electrons. The highest BCUT2D eigenvalue weighted by Crippen LogP contribution is 2.41. The summed E-state index contributed by atoms with van der Waals surface area (Å²) in [6.45, 7) is 0.848. The van der Waals surface area contributed by atoms with Crippen LogP contribution in [0.2, 0.25) is 0 Å². The largest absolute Gasteiger partial charge is 0.397 e. The number of hydrogen-bond acceptors (Lipinski definition) is 4. The van der Waals surface area contributed by atoms with Gasteiger partial charge in [0.25, 0.3) is 0 Å². The number of alkyl halides is 3. The fraction of sp³-hybridized carbons (Fsp3) is 0.588. The van der Waals surface area contributed by atoms with E-state index in [2.05, 4.69) is 19.9 Å². The van der Waals surface area contributed by atoms with E-state index < -0.39 is 18.5 Å². The van der Waals surface area contributed by atoms with E-state index in [0.29, 0.717) is 13.1 Å². The third-order valence-corrected chi connectivity index (χ3v) is 5.65. The van der Waals surface area contributed by atoms with E-state index >= 15 is 0 Å². The van der Waals surface area contributed by atoms with Gasteiger partial charge >= 0.3 is 6.18 Å². The SMILES string of the molecule is CN(c1ncnc2[nH]ccc12)[C@@H]1C[C@@H]2CN(C(=O)CC(F)(F)F)C[C@@H]2C1. The molecule has 2 fully saturated rings. The van der Waals surface area contributed by atoms with Crippen molar-refractivity contribution in [1.29, 1.82) is 0 Å². The zero-order valence-electron chi connectivity index (χ0n) is 14.3. The summed E-state index contributed by atoms with van der Waals surface area (Å²) >= 11 is 0. The van der Waals surface area contributed by atoms with Crippen LogP contribution in [-0.4, -0.2) is 58.1 Å². The Hall–Kier alpha value is -2.32. The molecule has 3 heterocycles. The van der Waals surface area contributed by atoms with Gasteiger partial charge in [0.05, 0.1) is 5.39 Å². The lowest BCUT2D eigenvalue weighted by molar-refractivity contribution is -0.160. The van der Waals surface area contributed by atoms with E-state index in [1.165, 1.54) is 11.2 Å². The maximum Gasteiger partial charge on any atom is 0.397 e. The van der Waals surface area contributed by atoms with Gasteiger partial charge in [-0.3, -0.25) is 4.79 Å². The molecule has 0 bridgehead atoms. The minimum atomic E-state index is -4.44. The van der Waals surface area contributed by atoms with Gasteiger partial charge in [-0.2, -0.15) is 13.2 Å². The van der Waals surface area contributed by atoms with Crippen LogP contribution < -0.4 is 4.90 Å². The second-order valence-electron chi connectivity index (χ2n) is 7.28. The average Bonchev–Trinajstić information content (AvgIpc) is 3.25. The average molecular weight is 367 g/mol. The summed E-state index contributed by atoms with van der Waals surface area (Å²) in [7, 11) is 1.99. The van der Waals surface area contributed by atoms with Crippen LogP contribution in [0, 0.1) is 11.8 Å². The highest BCUT2D eigenvalue weighted by Gasteiger charge is 2.45. The minimum Gasteiger partial charge on any atom is -0.356 e. The number of halogens is 3. The number of hydrogen-bond donors (Lipinski definition) is 1. The van der Waals surface area contributed by atoms with Crippen LogP contribution in [0.25, 0.3) is 11.0 Å². The number of amides is 1. The first-order chi connectivity index (χ1) is 12.3. The van der Waals surface area contributed by atoms with Crippen LogP contribution >= 0.6 is 0 Å². The van der Waals surface area contributed by atoms with Gasteiger partial charge in [-0.1, -0.05) is 0 Å². The topological polar surface area (TPSA) is 65.1 Å². The lowest BCUT2D eigenvalue weighted by Crippen LogP contribution is -2.36. The molecule has 0 aromatic carbocycles. The van der Waals surface area contributed by atoms with Crippen molar-refractivity contribution in [3.05, 3.63) is 18.6 Å². The number of likely N-dealkylation sites (tertiary alicyclic amines) is 1. The van der Waals surface area contributed by atoms with E-state index in [-0.39, 0.29) is 17.9 Å². The molecule has 0 radical (unpaired) electrons. The molecule has 6 nitrogen and oxygen atoms in total. The molecule has 3 atom stereocenters. The van der Waals surface area contributed by atoms with Gasteiger partial charge in [-0.25, -0.2) is 9.97 Å².